The van der Waals surface area contributed by atoms with E-state index in [0.717, 1.165) is 28.0 Å². The summed E-state index contributed by atoms with van der Waals surface area (Å²) in [7, 11) is 5.10. The number of methoxy groups -OCH3 is 1. The van der Waals surface area contributed by atoms with Crippen molar-refractivity contribution < 1.29 is 38.4 Å². The Hall–Kier alpha value is -6.33. The zero-order chi connectivity index (χ0) is 39.7. The maximum Gasteiger partial charge on any atom is 0.317 e. The van der Waals surface area contributed by atoms with Gasteiger partial charge in [0.05, 0.1) is 20.2 Å². The van der Waals surface area contributed by atoms with E-state index in [9.17, 15) is 14.0 Å². The second-order valence-corrected chi connectivity index (χ2v) is 13.0. The summed E-state index contributed by atoms with van der Waals surface area (Å²) in [6.07, 6.45) is 3.75. The van der Waals surface area contributed by atoms with E-state index in [1.165, 1.54) is 17.7 Å². The van der Waals surface area contributed by atoms with Gasteiger partial charge in [-0.1, -0.05) is 86.1 Å². The van der Waals surface area contributed by atoms with Gasteiger partial charge in [0.1, 0.15) is 11.6 Å². The number of rotatable bonds is 12. The molecule has 0 atom stereocenters. The third-order valence-corrected chi connectivity index (χ3v) is 8.19. The van der Waals surface area contributed by atoms with Crippen LogP contribution in [0, 0.1) is 29.5 Å². The van der Waals surface area contributed by atoms with Crippen molar-refractivity contribution in [2.45, 2.75) is 19.8 Å². The summed E-state index contributed by atoms with van der Waals surface area (Å²) < 4.78 is 29.5. The molecule has 1 aliphatic heterocycles. The fraction of sp³-hybridized carbons (Fsp3) is 0.244. The number of halogens is 1. The highest BCUT2D eigenvalue weighted by molar-refractivity contribution is 5.81. The maximum atomic E-state index is 13.6. The van der Waals surface area contributed by atoms with Crippen LogP contribution in [0.3, 0.4) is 0 Å². The standard InChI is InChI=1S/C24H27NO3.C21H18FNO4/c1-18(2)20-8-5-19(6-9-20)7-10-22(15-16-25(3)17-24(26)27)21-11-13-23(28-4)14-12-21;1-23(13-21(24)25)10-9-16(17-3-2-4-18(22)12-17)7-5-15-6-8-19-20(11-15)27-14-26-19/h5-6,8-9,11-15,18H,16-17H2,1-4H3,(H,26,27);2-4,6,8-9,11-12H,10,13-14H2,1H3,(H,24,25). The molecule has 0 radical (unpaired) electrons. The molecule has 1 aliphatic rings. The quantitative estimate of drug-likeness (QED) is 0.145. The fourth-order valence-corrected chi connectivity index (χ4v) is 5.20. The molecule has 0 spiro atoms. The number of hydrogen-bond donors (Lipinski definition) is 2. The highest BCUT2D eigenvalue weighted by atomic mass is 19.1. The molecule has 0 amide bonds. The summed E-state index contributed by atoms with van der Waals surface area (Å²) in [6, 6.07) is 27.5. The van der Waals surface area contributed by atoms with Crippen LogP contribution >= 0.6 is 0 Å². The first-order valence-electron chi connectivity index (χ1n) is 17.5. The van der Waals surface area contributed by atoms with E-state index >= 15 is 0 Å². The van der Waals surface area contributed by atoms with Gasteiger partial charge < -0.3 is 24.4 Å². The third kappa shape index (κ3) is 13.9. The number of carboxylic acid groups (broad SMARTS) is 2. The van der Waals surface area contributed by atoms with Crippen molar-refractivity contribution >= 4 is 23.1 Å². The van der Waals surface area contributed by atoms with Crippen LogP contribution in [0.4, 0.5) is 4.39 Å². The third-order valence-electron chi connectivity index (χ3n) is 8.19. The molecule has 0 saturated carbocycles. The van der Waals surface area contributed by atoms with Crippen LogP contribution < -0.4 is 14.2 Å². The van der Waals surface area contributed by atoms with Crippen molar-refractivity contribution in [1.29, 1.82) is 0 Å². The number of carboxylic acids is 2. The van der Waals surface area contributed by atoms with Crippen LogP contribution in [0.1, 0.15) is 47.6 Å². The van der Waals surface area contributed by atoms with Crippen molar-refractivity contribution in [3.8, 4) is 40.9 Å². The highest BCUT2D eigenvalue weighted by Crippen LogP contribution is 2.32. The van der Waals surface area contributed by atoms with Crippen molar-refractivity contribution in [2.24, 2.45) is 0 Å². The van der Waals surface area contributed by atoms with Gasteiger partial charge in [-0.05, 0) is 91.3 Å². The van der Waals surface area contributed by atoms with E-state index in [-0.39, 0.29) is 25.7 Å². The first-order chi connectivity index (χ1) is 26.4. The lowest BCUT2D eigenvalue weighted by Gasteiger charge is -2.11. The summed E-state index contributed by atoms with van der Waals surface area (Å²) in [5, 5.41) is 17.8. The summed E-state index contributed by atoms with van der Waals surface area (Å²) in [5.74, 6) is 13.0. The molecule has 4 aromatic carbocycles. The van der Waals surface area contributed by atoms with Crippen LogP contribution in [-0.4, -0.2) is 86.1 Å². The molecule has 0 aromatic heterocycles. The number of hydrogen-bond acceptors (Lipinski definition) is 7. The van der Waals surface area contributed by atoms with Gasteiger partial charge in [0.2, 0.25) is 6.79 Å². The van der Waals surface area contributed by atoms with E-state index in [2.05, 4.69) is 49.7 Å². The molecule has 0 unspecified atom stereocenters. The number of allylic oxidation sites excluding steroid dienone is 2. The van der Waals surface area contributed by atoms with Crippen LogP contribution in [-0.2, 0) is 9.59 Å². The topological polar surface area (TPSA) is 109 Å². The average Bonchev–Trinajstić information content (AvgIpc) is 3.63. The van der Waals surface area contributed by atoms with Crippen LogP contribution in [0.15, 0.2) is 103 Å². The Morgan fingerprint density at radius 3 is 1.89 bits per heavy atom. The minimum atomic E-state index is -0.912. The minimum absolute atomic E-state index is 0.0174. The Balaban J connectivity index is 0.000000245. The molecular formula is C45H45FN2O7. The van der Waals surface area contributed by atoms with Crippen LogP contribution in [0.2, 0.25) is 0 Å². The molecule has 0 fully saturated rings. The van der Waals surface area contributed by atoms with Gasteiger partial charge in [-0.15, -0.1) is 0 Å². The molecular weight excluding hydrogens is 700 g/mol. The summed E-state index contributed by atoms with van der Waals surface area (Å²) in [4.78, 5) is 25.0. The second-order valence-electron chi connectivity index (χ2n) is 13.0. The predicted octanol–water partition coefficient (Wildman–Crippen LogP) is 7.28. The van der Waals surface area contributed by atoms with E-state index in [0.29, 0.717) is 41.6 Å². The zero-order valence-corrected chi connectivity index (χ0v) is 31.6. The Morgan fingerprint density at radius 1 is 0.764 bits per heavy atom. The highest BCUT2D eigenvalue weighted by Gasteiger charge is 2.13. The van der Waals surface area contributed by atoms with Gasteiger partial charge in [-0.2, -0.15) is 0 Å². The molecule has 0 aliphatic carbocycles. The number of aliphatic carboxylic acids is 2. The number of ether oxygens (including phenoxy) is 3. The molecule has 0 saturated heterocycles. The molecule has 4 aromatic rings. The van der Waals surface area contributed by atoms with Crippen LogP contribution in [0.5, 0.6) is 17.2 Å². The molecule has 0 bridgehead atoms. The normalized spacial score (nSPS) is 11.9. The molecule has 55 heavy (non-hydrogen) atoms. The molecule has 10 heteroatoms. The van der Waals surface area contributed by atoms with Gasteiger partial charge in [-0.25, -0.2) is 4.39 Å². The predicted molar refractivity (Wildman–Crippen MR) is 212 cm³/mol. The van der Waals surface area contributed by atoms with Crippen molar-refractivity contribution in [3.63, 3.8) is 0 Å². The van der Waals surface area contributed by atoms with Crippen molar-refractivity contribution in [2.75, 3.05) is 54.2 Å². The zero-order valence-electron chi connectivity index (χ0n) is 31.6. The smallest absolute Gasteiger partial charge is 0.317 e. The largest absolute Gasteiger partial charge is 0.497 e. The molecule has 9 nitrogen and oxygen atoms in total. The average molecular weight is 745 g/mol. The first kappa shape index (κ1) is 41.4. The van der Waals surface area contributed by atoms with Crippen molar-refractivity contribution in [3.05, 3.63) is 137 Å². The molecule has 5 rings (SSSR count). The van der Waals surface area contributed by atoms with E-state index in [1.54, 1.807) is 61.3 Å². The summed E-state index contributed by atoms with van der Waals surface area (Å²) >= 11 is 0. The molecule has 284 valence electrons. The molecule has 1 heterocycles. The van der Waals surface area contributed by atoms with Crippen molar-refractivity contribution in [1.82, 2.24) is 9.80 Å². The monoisotopic (exact) mass is 744 g/mol. The Kier molecular flexibility index (Phi) is 15.7. The Morgan fingerprint density at radius 2 is 1.33 bits per heavy atom. The van der Waals surface area contributed by atoms with Gasteiger partial charge in [0, 0.05) is 35.4 Å². The number of nitrogens with zero attached hydrogens (tertiary/aromatic N) is 2. The maximum absolute atomic E-state index is 13.6. The number of benzene rings is 4. The van der Waals surface area contributed by atoms with Gasteiger partial charge >= 0.3 is 11.9 Å². The number of carbonyl (C=O) groups is 2. The van der Waals surface area contributed by atoms with Crippen LogP contribution in [0.25, 0.3) is 11.1 Å². The Labute approximate surface area is 322 Å². The SMILES string of the molecule is CN(CC=C(C#Cc1ccc2c(c1)OCO2)c1cccc(F)c1)CC(=O)O.COc1ccc(C(C#Cc2ccc(C(C)C)cc2)=CCN(C)CC(=O)O)cc1. The van der Waals surface area contributed by atoms with E-state index < -0.39 is 11.9 Å². The van der Waals surface area contributed by atoms with Gasteiger partial charge in [0.25, 0.3) is 0 Å². The fourth-order valence-electron chi connectivity index (χ4n) is 5.20. The number of fused-ring (bicyclic) bond motifs is 1. The minimum Gasteiger partial charge on any atom is -0.497 e. The second kappa shape index (κ2) is 20.8. The van der Waals surface area contributed by atoms with Gasteiger partial charge in [-0.3, -0.25) is 19.4 Å². The first-order valence-corrected chi connectivity index (χ1v) is 17.5. The lowest BCUT2D eigenvalue weighted by atomic mass is 10.0. The number of likely N-dealkylation sites (N-methyl/N-ethyl adjacent to an activating group) is 2. The lowest BCUT2D eigenvalue weighted by Crippen LogP contribution is -2.25. The summed E-state index contributed by atoms with van der Waals surface area (Å²) in [6.45, 7) is 5.27. The Bertz CT molecular complexity index is 2120. The lowest BCUT2D eigenvalue weighted by molar-refractivity contribution is -0.138. The molecule has 2 N–H and O–H groups in total. The van der Waals surface area contributed by atoms with E-state index in [1.807, 2.05) is 48.5 Å². The van der Waals surface area contributed by atoms with E-state index in [4.69, 9.17) is 24.4 Å². The summed E-state index contributed by atoms with van der Waals surface area (Å²) in [5.41, 5.74) is 6.04. The van der Waals surface area contributed by atoms with Gasteiger partial charge in [0.15, 0.2) is 11.5 Å².